The lowest BCUT2D eigenvalue weighted by Gasteiger charge is -2.18. The zero-order valence-corrected chi connectivity index (χ0v) is 18.6. The molecule has 2 aromatic carbocycles. The number of nitrogens with one attached hydrogen (secondary N) is 1. The number of benzene rings is 2. The number of ether oxygens (including phenoxy) is 3. The highest BCUT2D eigenvalue weighted by Gasteiger charge is 2.17. The maximum Gasteiger partial charge on any atom is 0.251 e. The Morgan fingerprint density at radius 1 is 1.19 bits per heavy atom. The lowest BCUT2D eigenvalue weighted by atomic mass is 10.2. The normalized spacial score (nSPS) is 13.2. The van der Waals surface area contributed by atoms with E-state index in [-0.39, 0.29) is 18.8 Å². The van der Waals surface area contributed by atoms with Crippen molar-refractivity contribution in [1.29, 1.82) is 0 Å². The number of amides is 1. The summed E-state index contributed by atoms with van der Waals surface area (Å²) in [6.07, 6.45) is 3.72. The SMILES string of the molecule is CC(CNC(=O)c1ccc2c(c1)OCO2)Oc1cccc(CN(C)Cc2cnn(C)c2)c1. The van der Waals surface area contributed by atoms with Gasteiger partial charge in [0.1, 0.15) is 11.9 Å². The number of aromatic nitrogens is 2. The molecule has 1 amide bonds. The Morgan fingerprint density at radius 3 is 2.81 bits per heavy atom. The molecule has 0 fully saturated rings. The third-order valence-electron chi connectivity index (χ3n) is 5.08. The van der Waals surface area contributed by atoms with Gasteiger partial charge >= 0.3 is 0 Å². The van der Waals surface area contributed by atoms with E-state index in [0.29, 0.717) is 23.6 Å². The highest BCUT2D eigenvalue weighted by molar-refractivity contribution is 5.94. The highest BCUT2D eigenvalue weighted by Crippen LogP contribution is 2.32. The first-order chi connectivity index (χ1) is 15.5. The number of carbonyl (C=O) groups is 1. The number of hydrogen-bond acceptors (Lipinski definition) is 6. The molecule has 0 aliphatic carbocycles. The zero-order chi connectivity index (χ0) is 22.5. The molecule has 4 rings (SSSR count). The van der Waals surface area contributed by atoms with Crippen LogP contribution in [0.5, 0.6) is 17.2 Å². The molecule has 3 aromatic rings. The highest BCUT2D eigenvalue weighted by atomic mass is 16.7. The number of rotatable bonds is 9. The molecule has 0 spiro atoms. The molecule has 1 aromatic heterocycles. The molecule has 1 atom stereocenters. The van der Waals surface area contributed by atoms with Crippen LogP contribution in [0.25, 0.3) is 0 Å². The van der Waals surface area contributed by atoms with Crippen molar-refractivity contribution in [3.05, 3.63) is 71.5 Å². The van der Waals surface area contributed by atoms with Gasteiger partial charge in [-0.15, -0.1) is 0 Å². The number of fused-ring (bicyclic) bond motifs is 1. The molecule has 0 saturated heterocycles. The van der Waals surface area contributed by atoms with Crippen LogP contribution in [0.3, 0.4) is 0 Å². The fourth-order valence-corrected chi connectivity index (χ4v) is 3.60. The molecule has 1 N–H and O–H groups in total. The fraction of sp³-hybridized carbons (Fsp3) is 0.333. The van der Waals surface area contributed by atoms with E-state index in [1.54, 1.807) is 18.2 Å². The average molecular weight is 437 g/mol. The van der Waals surface area contributed by atoms with Gasteiger partial charge in [-0.25, -0.2) is 0 Å². The van der Waals surface area contributed by atoms with E-state index in [9.17, 15) is 4.79 Å². The Bertz CT molecular complexity index is 1080. The standard InChI is InChI=1S/C24H28N4O4/c1-17(11-25-24(29)20-7-8-22-23(10-20)31-16-30-22)32-21-6-4-5-18(9-21)13-27(2)14-19-12-26-28(3)15-19/h4-10,12,15,17H,11,13-14,16H2,1-3H3,(H,25,29). The molecular formula is C24H28N4O4. The van der Waals surface area contributed by atoms with Crippen LogP contribution in [0.2, 0.25) is 0 Å². The molecule has 168 valence electrons. The Balaban J connectivity index is 1.26. The van der Waals surface area contributed by atoms with Crippen molar-refractivity contribution < 1.29 is 19.0 Å². The molecule has 1 aliphatic rings. The summed E-state index contributed by atoms with van der Waals surface area (Å²) in [5.41, 5.74) is 2.86. The van der Waals surface area contributed by atoms with E-state index in [4.69, 9.17) is 14.2 Å². The largest absolute Gasteiger partial charge is 0.489 e. The van der Waals surface area contributed by atoms with Crippen LogP contribution in [0.15, 0.2) is 54.9 Å². The van der Waals surface area contributed by atoms with E-state index in [2.05, 4.69) is 28.4 Å². The third-order valence-corrected chi connectivity index (χ3v) is 5.08. The first-order valence-corrected chi connectivity index (χ1v) is 10.6. The molecule has 0 radical (unpaired) electrons. The lowest BCUT2D eigenvalue weighted by molar-refractivity contribution is 0.0931. The van der Waals surface area contributed by atoms with Crippen LogP contribution in [0.1, 0.15) is 28.4 Å². The van der Waals surface area contributed by atoms with Gasteiger partial charge in [0.25, 0.3) is 5.91 Å². The Hall–Kier alpha value is -3.52. The fourth-order valence-electron chi connectivity index (χ4n) is 3.60. The molecule has 0 saturated carbocycles. The molecule has 8 nitrogen and oxygen atoms in total. The first kappa shape index (κ1) is 21.7. The van der Waals surface area contributed by atoms with Gasteiger partial charge in [-0.3, -0.25) is 14.4 Å². The summed E-state index contributed by atoms with van der Waals surface area (Å²) in [6.45, 7) is 4.12. The minimum atomic E-state index is -0.184. The van der Waals surface area contributed by atoms with Crippen molar-refractivity contribution in [2.75, 3.05) is 20.4 Å². The van der Waals surface area contributed by atoms with Crippen LogP contribution >= 0.6 is 0 Å². The summed E-state index contributed by atoms with van der Waals surface area (Å²) in [4.78, 5) is 14.7. The van der Waals surface area contributed by atoms with E-state index >= 15 is 0 Å². The molecule has 1 aliphatic heterocycles. The number of carbonyl (C=O) groups excluding carboxylic acids is 1. The van der Waals surface area contributed by atoms with Crippen molar-refractivity contribution in [2.45, 2.75) is 26.1 Å². The van der Waals surface area contributed by atoms with Gasteiger partial charge in [0.05, 0.1) is 12.7 Å². The van der Waals surface area contributed by atoms with Crippen LogP contribution < -0.4 is 19.5 Å². The molecule has 8 heteroatoms. The maximum atomic E-state index is 12.5. The minimum Gasteiger partial charge on any atom is -0.489 e. The molecular weight excluding hydrogens is 408 g/mol. The van der Waals surface area contributed by atoms with E-state index in [1.165, 1.54) is 5.56 Å². The van der Waals surface area contributed by atoms with Crippen LogP contribution in [-0.2, 0) is 20.1 Å². The summed E-state index contributed by atoms with van der Waals surface area (Å²) in [5, 5.41) is 7.13. The smallest absolute Gasteiger partial charge is 0.251 e. The number of nitrogens with zero attached hydrogens (tertiary/aromatic N) is 3. The second-order valence-corrected chi connectivity index (χ2v) is 8.05. The van der Waals surface area contributed by atoms with Crippen LogP contribution in [0, 0.1) is 0 Å². The average Bonchev–Trinajstić information content (AvgIpc) is 3.40. The molecule has 0 bridgehead atoms. The van der Waals surface area contributed by atoms with Crippen LogP contribution in [-0.4, -0.2) is 47.1 Å². The van der Waals surface area contributed by atoms with Gasteiger partial charge in [0, 0.05) is 37.5 Å². The van der Waals surface area contributed by atoms with Gasteiger partial charge in [-0.2, -0.15) is 5.10 Å². The van der Waals surface area contributed by atoms with Gasteiger partial charge in [0.2, 0.25) is 6.79 Å². The van der Waals surface area contributed by atoms with Crippen LogP contribution in [0.4, 0.5) is 0 Å². The van der Waals surface area contributed by atoms with Crippen molar-refractivity contribution in [3.8, 4) is 17.2 Å². The summed E-state index contributed by atoms with van der Waals surface area (Å²) >= 11 is 0. The molecule has 1 unspecified atom stereocenters. The van der Waals surface area contributed by atoms with Gasteiger partial charge in [0.15, 0.2) is 11.5 Å². The van der Waals surface area contributed by atoms with Gasteiger partial charge in [-0.1, -0.05) is 12.1 Å². The Morgan fingerprint density at radius 2 is 2.00 bits per heavy atom. The van der Waals surface area contributed by atoms with E-state index < -0.39 is 0 Å². The van der Waals surface area contributed by atoms with Crippen molar-refractivity contribution in [1.82, 2.24) is 20.0 Å². The lowest BCUT2D eigenvalue weighted by Crippen LogP contribution is -2.33. The predicted octanol–water partition coefficient (Wildman–Crippen LogP) is 2.98. The second-order valence-electron chi connectivity index (χ2n) is 8.05. The third kappa shape index (κ3) is 5.59. The summed E-state index contributed by atoms with van der Waals surface area (Å²) < 4.78 is 18.5. The number of aryl methyl sites for hydroxylation is 1. The number of hydrogen-bond donors (Lipinski definition) is 1. The van der Waals surface area contributed by atoms with E-state index in [0.717, 1.165) is 24.4 Å². The molecule has 2 heterocycles. The quantitative estimate of drug-likeness (QED) is 0.556. The van der Waals surface area contributed by atoms with Crippen molar-refractivity contribution in [2.24, 2.45) is 7.05 Å². The predicted molar refractivity (Wildman–Crippen MR) is 120 cm³/mol. The van der Waals surface area contributed by atoms with Gasteiger partial charge in [-0.05, 0) is 49.9 Å². The Labute approximate surface area is 187 Å². The summed E-state index contributed by atoms with van der Waals surface area (Å²) in [5.74, 6) is 1.85. The topological polar surface area (TPSA) is 77.9 Å². The van der Waals surface area contributed by atoms with Crippen molar-refractivity contribution >= 4 is 5.91 Å². The molecule has 32 heavy (non-hydrogen) atoms. The minimum absolute atomic E-state index is 0.176. The first-order valence-electron chi connectivity index (χ1n) is 10.6. The summed E-state index contributed by atoms with van der Waals surface area (Å²) in [7, 11) is 4.00. The monoisotopic (exact) mass is 436 g/mol. The Kier molecular flexibility index (Phi) is 6.61. The second kappa shape index (κ2) is 9.74. The maximum absolute atomic E-state index is 12.5. The van der Waals surface area contributed by atoms with E-state index in [1.807, 2.05) is 49.2 Å². The van der Waals surface area contributed by atoms with Crippen molar-refractivity contribution in [3.63, 3.8) is 0 Å². The zero-order valence-electron chi connectivity index (χ0n) is 18.6. The summed E-state index contributed by atoms with van der Waals surface area (Å²) in [6, 6.07) is 13.2. The van der Waals surface area contributed by atoms with Gasteiger partial charge < -0.3 is 19.5 Å².